The van der Waals surface area contributed by atoms with Crippen molar-refractivity contribution in [1.29, 1.82) is 0 Å². The van der Waals surface area contributed by atoms with E-state index < -0.39 is 23.7 Å². The van der Waals surface area contributed by atoms with Gasteiger partial charge in [-0.15, -0.1) is 0 Å². The molecule has 3 aliphatic rings. The number of hydrogen-bond donors (Lipinski definition) is 3. The SMILES string of the molecule is O=C(NC1CCCCC1)C(=O)[C@H](C[C@@H]1CCCC1=O)NC(=O)[C@@H](CC(=O)c1cc2ccccc2[nH]1)CC1CCCC1. The lowest BCUT2D eigenvalue weighted by atomic mass is 9.87. The number of Topliss-reactive ketones (excluding diaryl/α,β-unsaturated/α-hetero) is 3. The van der Waals surface area contributed by atoms with Crippen molar-refractivity contribution in [2.24, 2.45) is 17.8 Å². The van der Waals surface area contributed by atoms with Crippen LogP contribution in [-0.4, -0.2) is 46.2 Å². The Kier molecular flexibility index (Phi) is 9.68. The van der Waals surface area contributed by atoms with Crippen LogP contribution in [0.2, 0.25) is 0 Å². The van der Waals surface area contributed by atoms with Crippen molar-refractivity contribution in [2.75, 3.05) is 0 Å². The first-order valence-corrected chi connectivity index (χ1v) is 15.7. The molecular weight excluding hydrogens is 518 g/mol. The van der Waals surface area contributed by atoms with Gasteiger partial charge in [-0.1, -0.05) is 63.1 Å². The summed E-state index contributed by atoms with van der Waals surface area (Å²) in [5.74, 6) is -2.43. The molecule has 1 heterocycles. The van der Waals surface area contributed by atoms with E-state index in [9.17, 15) is 24.0 Å². The van der Waals surface area contributed by atoms with Gasteiger partial charge < -0.3 is 15.6 Å². The van der Waals surface area contributed by atoms with E-state index in [2.05, 4.69) is 15.6 Å². The Morgan fingerprint density at radius 3 is 2.32 bits per heavy atom. The van der Waals surface area contributed by atoms with Crippen molar-refractivity contribution in [3.8, 4) is 0 Å². The van der Waals surface area contributed by atoms with Crippen LogP contribution in [-0.2, 0) is 19.2 Å². The van der Waals surface area contributed by atoms with Crippen LogP contribution in [0.5, 0.6) is 0 Å². The number of rotatable bonds is 12. The van der Waals surface area contributed by atoms with Gasteiger partial charge in [-0.25, -0.2) is 0 Å². The van der Waals surface area contributed by atoms with Gasteiger partial charge in [0.2, 0.25) is 11.7 Å². The van der Waals surface area contributed by atoms with E-state index in [4.69, 9.17) is 0 Å². The number of aromatic nitrogens is 1. The van der Waals surface area contributed by atoms with Crippen LogP contribution < -0.4 is 10.6 Å². The number of amides is 2. The van der Waals surface area contributed by atoms with Gasteiger partial charge in [-0.2, -0.15) is 0 Å². The number of nitrogens with one attached hydrogen (secondary N) is 3. The Hall–Kier alpha value is -3.29. The molecule has 2 aromatic rings. The highest BCUT2D eigenvalue weighted by atomic mass is 16.2. The van der Waals surface area contributed by atoms with Crippen molar-refractivity contribution >= 4 is 40.1 Å². The number of fused-ring (bicyclic) bond motifs is 1. The van der Waals surface area contributed by atoms with Gasteiger partial charge in [-0.3, -0.25) is 24.0 Å². The number of ketones is 3. The molecule has 3 saturated carbocycles. The van der Waals surface area contributed by atoms with Crippen LogP contribution in [0.4, 0.5) is 0 Å². The lowest BCUT2D eigenvalue weighted by Crippen LogP contribution is -2.52. The zero-order valence-electron chi connectivity index (χ0n) is 23.9. The summed E-state index contributed by atoms with van der Waals surface area (Å²) in [6, 6.07) is 8.37. The molecule has 0 radical (unpaired) electrons. The largest absolute Gasteiger partial charge is 0.352 e. The van der Waals surface area contributed by atoms with Gasteiger partial charge in [0, 0.05) is 41.6 Å². The molecule has 2 amide bonds. The minimum Gasteiger partial charge on any atom is -0.352 e. The fourth-order valence-corrected chi connectivity index (χ4v) is 7.09. The molecule has 0 aliphatic heterocycles. The molecule has 1 aromatic carbocycles. The standard InChI is InChI=1S/C33H43N3O5/c37-29-16-8-12-23(29)19-28(31(39)33(41)34-25-13-2-1-3-14-25)36-32(40)24(17-21-9-4-5-10-21)20-30(38)27-18-22-11-6-7-15-26(22)35-27/h6-7,11,15,18,21,23-25,28,35H,1-5,8-10,12-14,16-17,19-20H2,(H,34,41)(H,36,40)/t23-,24+,28-/m0/s1. The summed E-state index contributed by atoms with van der Waals surface area (Å²) in [7, 11) is 0. The highest BCUT2D eigenvalue weighted by Gasteiger charge is 2.37. The Balaban J connectivity index is 1.31. The molecule has 0 unspecified atom stereocenters. The van der Waals surface area contributed by atoms with E-state index in [1.807, 2.05) is 30.3 Å². The Morgan fingerprint density at radius 1 is 0.878 bits per heavy atom. The summed E-state index contributed by atoms with van der Waals surface area (Å²) in [6.45, 7) is 0. The predicted octanol–water partition coefficient (Wildman–Crippen LogP) is 5.20. The number of H-pyrrole nitrogens is 1. The molecule has 1 aromatic heterocycles. The van der Waals surface area contributed by atoms with Gasteiger partial charge in [-0.05, 0) is 56.6 Å². The monoisotopic (exact) mass is 561 g/mol. The molecule has 0 spiro atoms. The summed E-state index contributed by atoms with van der Waals surface area (Å²) in [6.07, 6.45) is 11.7. The second kappa shape index (κ2) is 13.6. The van der Waals surface area contributed by atoms with E-state index in [0.717, 1.165) is 75.1 Å². The van der Waals surface area contributed by atoms with E-state index in [1.54, 1.807) is 0 Å². The summed E-state index contributed by atoms with van der Waals surface area (Å²) in [5.41, 5.74) is 1.33. The first-order valence-electron chi connectivity index (χ1n) is 15.7. The summed E-state index contributed by atoms with van der Waals surface area (Å²) >= 11 is 0. The fraction of sp³-hybridized carbons (Fsp3) is 0.606. The van der Waals surface area contributed by atoms with Crippen molar-refractivity contribution in [1.82, 2.24) is 15.6 Å². The molecule has 5 rings (SSSR count). The van der Waals surface area contributed by atoms with Gasteiger partial charge in [0.15, 0.2) is 5.78 Å². The number of para-hydroxylation sites is 1. The second-order valence-corrected chi connectivity index (χ2v) is 12.5. The minimum atomic E-state index is -1.08. The first-order chi connectivity index (χ1) is 19.9. The number of carbonyl (C=O) groups excluding carboxylic acids is 5. The lowest BCUT2D eigenvalue weighted by Gasteiger charge is -2.26. The van der Waals surface area contributed by atoms with Crippen molar-refractivity contribution in [3.05, 3.63) is 36.0 Å². The summed E-state index contributed by atoms with van der Waals surface area (Å²) in [5, 5.41) is 6.69. The lowest BCUT2D eigenvalue weighted by molar-refractivity contribution is -0.141. The quantitative estimate of drug-likeness (QED) is 0.243. The second-order valence-electron chi connectivity index (χ2n) is 12.5. The van der Waals surface area contributed by atoms with Crippen LogP contribution in [0.25, 0.3) is 10.9 Å². The Bertz CT molecular complexity index is 1240. The topological polar surface area (TPSA) is 125 Å². The van der Waals surface area contributed by atoms with Crippen LogP contribution in [0.1, 0.15) is 107 Å². The highest BCUT2D eigenvalue weighted by molar-refractivity contribution is 6.38. The Morgan fingerprint density at radius 2 is 1.61 bits per heavy atom. The third kappa shape index (κ3) is 7.52. The molecule has 220 valence electrons. The number of benzene rings is 1. The molecule has 0 saturated heterocycles. The molecular formula is C33H43N3O5. The normalized spacial score (nSPS) is 21.6. The van der Waals surface area contributed by atoms with Crippen LogP contribution >= 0.6 is 0 Å². The average Bonchev–Trinajstić information content (AvgIpc) is 3.74. The maximum atomic E-state index is 13.8. The number of carbonyl (C=O) groups is 5. The van der Waals surface area contributed by atoms with Gasteiger partial charge in [0.05, 0.1) is 11.7 Å². The van der Waals surface area contributed by atoms with Crippen LogP contribution in [0.15, 0.2) is 30.3 Å². The van der Waals surface area contributed by atoms with Gasteiger partial charge in [0.1, 0.15) is 5.78 Å². The number of aromatic amines is 1. The summed E-state index contributed by atoms with van der Waals surface area (Å²) in [4.78, 5) is 69.3. The first kappa shape index (κ1) is 29.2. The molecule has 3 aliphatic carbocycles. The third-order valence-corrected chi connectivity index (χ3v) is 9.47. The molecule has 0 bridgehead atoms. The van der Waals surface area contributed by atoms with Crippen molar-refractivity contribution in [2.45, 2.75) is 108 Å². The maximum Gasteiger partial charge on any atom is 0.289 e. The predicted molar refractivity (Wildman–Crippen MR) is 156 cm³/mol. The van der Waals surface area contributed by atoms with Gasteiger partial charge >= 0.3 is 0 Å². The van der Waals surface area contributed by atoms with Gasteiger partial charge in [0.25, 0.3) is 5.91 Å². The fourth-order valence-electron chi connectivity index (χ4n) is 7.09. The molecule has 3 fully saturated rings. The van der Waals surface area contributed by atoms with Crippen molar-refractivity contribution < 1.29 is 24.0 Å². The smallest absolute Gasteiger partial charge is 0.289 e. The highest BCUT2D eigenvalue weighted by Crippen LogP contribution is 2.33. The third-order valence-electron chi connectivity index (χ3n) is 9.47. The average molecular weight is 562 g/mol. The van der Waals surface area contributed by atoms with E-state index >= 15 is 0 Å². The van der Waals surface area contributed by atoms with E-state index in [0.29, 0.717) is 30.9 Å². The molecule has 8 heteroatoms. The molecule has 3 atom stereocenters. The Labute approximate surface area is 241 Å². The van der Waals surface area contributed by atoms with Crippen LogP contribution in [0.3, 0.4) is 0 Å². The maximum absolute atomic E-state index is 13.8. The molecule has 3 N–H and O–H groups in total. The molecule has 41 heavy (non-hydrogen) atoms. The van der Waals surface area contributed by atoms with E-state index in [1.165, 1.54) is 0 Å². The van der Waals surface area contributed by atoms with Crippen LogP contribution in [0, 0.1) is 17.8 Å². The zero-order chi connectivity index (χ0) is 28.8. The molecule has 8 nitrogen and oxygen atoms in total. The number of hydrogen-bond acceptors (Lipinski definition) is 5. The van der Waals surface area contributed by atoms with E-state index in [-0.39, 0.29) is 42.3 Å². The summed E-state index contributed by atoms with van der Waals surface area (Å²) < 4.78 is 0. The van der Waals surface area contributed by atoms with Crippen molar-refractivity contribution in [3.63, 3.8) is 0 Å². The zero-order valence-corrected chi connectivity index (χ0v) is 23.9. The minimum absolute atomic E-state index is 0.0205.